The number of aromatic nitrogens is 2. The summed E-state index contributed by atoms with van der Waals surface area (Å²) in [7, 11) is 3.24. The molecule has 2 atom stereocenters. The zero-order valence-corrected chi connectivity index (χ0v) is 20.0. The lowest BCUT2D eigenvalue weighted by Crippen LogP contribution is -2.27. The topological polar surface area (TPSA) is 122 Å². The minimum absolute atomic E-state index is 0.0269. The molecular formula is C24H28N4O5S. The molecular weight excluding hydrogens is 456 g/mol. The van der Waals surface area contributed by atoms with Crippen molar-refractivity contribution >= 4 is 33.4 Å². The summed E-state index contributed by atoms with van der Waals surface area (Å²) in [6.45, 7) is 1.11. The number of hydrogen-bond acceptors (Lipinski definition) is 7. The van der Waals surface area contributed by atoms with Crippen LogP contribution in [0.3, 0.4) is 0 Å². The molecule has 2 amide bonds. The average molecular weight is 485 g/mol. The number of fused-ring (bicyclic) bond motifs is 1. The maximum atomic E-state index is 12.7. The Balaban J connectivity index is 1.36. The molecule has 0 radical (unpaired) electrons. The summed E-state index contributed by atoms with van der Waals surface area (Å²) in [4.78, 5) is 44.5. The van der Waals surface area contributed by atoms with E-state index in [1.165, 1.54) is 11.3 Å². The van der Waals surface area contributed by atoms with Crippen LogP contribution in [0.1, 0.15) is 41.0 Å². The number of ether oxygens (including phenoxy) is 2. The van der Waals surface area contributed by atoms with E-state index in [1.807, 2.05) is 29.6 Å². The van der Waals surface area contributed by atoms with E-state index in [-0.39, 0.29) is 36.4 Å². The maximum absolute atomic E-state index is 12.7. The van der Waals surface area contributed by atoms with Crippen molar-refractivity contribution in [1.82, 2.24) is 20.6 Å². The highest BCUT2D eigenvalue weighted by Crippen LogP contribution is 2.31. The Morgan fingerprint density at radius 2 is 2.15 bits per heavy atom. The van der Waals surface area contributed by atoms with Gasteiger partial charge in [-0.3, -0.25) is 14.4 Å². The molecule has 0 bridgehead atoms. The molecule has 2 unspecified atom stereocenters. The number of H-pyrrole nitrogens is 1. The Labute approximate surface area is 200 Å². The molecule has 2 aromatic heterocycles. The van der Waals surface area contributed by atoms with Gasteiger partial charge >= 0.3 is 0 Å². The summed E-state index contributed by atoms with van der Waals surface area (Å²) >= 11 is 1.31. The molecule has 1 fully saturated rings. The molecule has 180 valence electrons. The quantitative estimate of drug-likeness (QED) is 0.429. The minimum atomic E-state index is -0.458. The summed E-state index contributed by atoms with van der Waals surface area (Å²) < 4.78 is 11.1. The fourth-order valence-corrected chi connectivity index (χ4v) is 5.20. The van der Waals surface area contributed by atoms with Crippen LogP contribution in [0.25, 0.3) is 10.2 Å². The van der Waals surface area contributed by atoms with Gasteiger partial charge in [0.05, 0.1) is 19.1 Å². The molecule has 0 spiro atoms. The lowest BCUT2D eigenvalue weighted by molar-refractivity contribution is -0.124. The highest BCUT2D eigenvalue weighted by atomic mass is 32.1. The summed E-state index contributed by atoms with van der Waals surface area (Å²) in [6.07, 6.45) is 2.65. The largest absolute Gasteiger partial charge is 0.497 e. The van der Waals surface area contributed by atoms with Crippen LogP contribution in [-0.4, -0.2) is 42.5 Å². The van der Waals surface area contributed by atoms with Gasteiger partial charge in [-0.15, -0.1) is 11.3 Å². The van der Waals surface area contributed by atoms with E-state index in [9.17, 15) is 14.4 Å². The second-order valence-electron chi connectivity index (χ2n) is 8.40. The minimum Gasteiger partial charge on any atom is -0.497 e. The molecule has 1 aromatic carbocycles. The van der Waals surface area contributed by atoms with Crippen LogP contribution in [0.4, 0.5) is 0 Å². The standard InChI is InChI=1S/C24H28N4O5S/c1-25-21(29)16-7-6-15(8-16)11-33-12-17-13-34-24-19(17)22(30)27-20(28-24)23(31)26-10-14-4-3-5-18(9-14)32-2/h3-5,9,13,15-16H,6-8,10-12H2,1-2H3,(H,25,29)(H,26,31)(H,27,28,30). The Kier molecular flexibility index (Phi) is 7.59. The second kappa shape index (κ2) is 10.8. The summed E-state index contributed by atoms with van der Waals surface area (Å²) in [6, 6.07) is 7.37. The lowest BCUT2D eigenvalue weighted by Gasteiger charge is -2.11. The van der Waals surface area contributed by atoms with Crippen molar-refractivity contribution in [2.24, 2.45) is 11.8 Å². The second-order valence-corrected chi connectivity index (χ2v) is 9.25. The third-order valence-electron chi connectivity index (χ3n) is 6.09. The number of nitrogens with one attached hydrogen (secondary N) is 3. The van der Waals surface area contributed by atoms with Crippen molar-refractivity contribution in [3.8, 4) is 5.75 Å². The molecule has 10 heteroatoms. The molecule has 1 aliphatic carbocycles. The van der Waals surface area contributed by atoms with Crippen molar-refractivity contribution in [1.29, 1.82) is 0 Å². The molecule has 3 aromatic rings. The van der Waals surface area contributed by atoms with Gasteiger partial charge in [0.1, 0.15) is 10.6 Å². The van der Waals surface area contributed by atoms with Crippen LogP contribution >= 0.6 is 11.3 Å². The highest BCUT2D eigenvalue weighted by molar-refractivity contribution is 7.16. The number of thiophene rings is 1. The Morgan fingerprint density at radius 1 is 1.29 bits per heavy atom. The Hall–Kier alpha value is -3.24. The predicted octanol–water partition coefficient (Wildman–Crippen LogP) is 2.60. The molecule has 9 nitrogen and oxygen atoms in total. The van der Waals surface area contributed by atoms with Gasteiger partial charge < -0.3 is 25.1 Å². The van der Waals surface area contributed by atoms with Crippen molar-refractivity contribution in [2.45, 2.75) is 32.4 Å². The molecule has 1 aliphatic rings. The molecule has 1 saturated carbocycles. The van der Waals surface area contributed by atoms with Gasteiger partial charge in [0.2, 0.25) is 11.7 Å². The lowest BCUT2D eigenvalue weighted by atomic mass is 10.1. The molecule has 0 saturated heterocycles. The number of methoxy groups -OCH3 is 1. The van der Waals surface area contributed by atoms with Crippen molar-refractivity contribution in [2.75, 3.05) is 20.8 Å². The normalized spacial score (nSPS) is 17.6. The van der Waals surface area contributed by atoms with E-state index in [0.29, 0.717) is 28.5 Å². The van der Waals surface area contributed by atoms with Gasteiger partial charge in [-0.05, 0) is 48.3 Å². The predicted molar refractivity (Wildman–Crippen MR) is 129 cm³/mol. The van der Waals surface area contributed by atoms with Gasteiger partial charge in [0, 0.05) is 31.7 Å². The summed E-state index contributed by atoms with van der Waals surface area (Å²) in [5.74, 6) is 0.699. The fraction of sp³-hybridized carbons (Fsp3) is 0.417. The van der Waals surface area contributed by atoms with Crippen LogP contribution in [0, 0.1) is 11.8 Å². The first-order valence-electron chi connectivity index (χ1n) is 11.2. The number of benzene rings is 1. The van der Waals surface area contributed by atoms with E-state index in [1.54, 1.807) is 14.2 Å². The molecule has 4 rings (SSSR count). The van der Waals surface area contributed by atoms with Crippen molar-refractivity contribution < 1.29 is 19.1 Å². The van der Waals surface area contributed by atoms with Gasteiger partial charge in [-0.25, -0.2) is 4.98 Å². The third kappa shape index (κ3) is 5.45. The van der Waals surface area contributed by atoms with E-state index < -0.39 is 5.91 Å². The van der Waals surface area contributed by atoms with E-state index in [4.69, 9.17) is 9.47 Å². The smallest absolute Gasteiger partial charge is 0.287 e. The number of nitrogens with zero attached hydrogens (tertiary/aromatic N) is 1. The van der Waals surface area contributed by atoms with Gasteiger partial charge in [0.25, 0.3) is 11.5 Å². The van der Waals surface area contributed by atoms with E-state index in [0.717, 1.165) is 30.4 Å². The Morgan fingerprint density at radius 3 is 2.94 bits per heavy atom. The van der Waals surface area contributed by atoms with Crippen LogP contribution in [0.5, 0.6) is 5.75 Å². The average Bonchev–Trinajstić information content (AvgIpc) is 3.50. The number of hydrogen-bond donors (Lipinski definition) is 3. The zero-order chi connectivity index (χ0) is 24.1. The van der Waals surface area contributed by atoms with Crippen LogP contribution in [0.15, 0.2) is 34.4 Å². The van der Waals surface area contributed by atoms with Gasteiger partial charge in [-0.1, -0.05) is 12.1 Å². The van der Waals surface area contributed by atoms with Crippen LogP contribution in [0.2, 0.25) is 0 Å². The fourth-order valence-electron chi connectivity index (χ4n) is 4.27. The number of aromatic amines is 1. The first kappa shape index (κ1) is 23.9. The summed E-state index contributed by atoms with van der Waals surface area (Å²) in [5, 5.41) is 7.77. The van der Waals surface area contributed by atoms with Crippen LogP contribution < -0.4 is 20.9 Å². The first-order valence-corrected chi connectivity index (χ1v) is 12.1. The highest BCUT2D eigenvalue weighted by Gasteiger charge is 2.29. The maximum Gasteiger partial charge on any atom is 0.287 e. The summed E-state index contributed by atoms with van der Waals surface area (Å²) in [5.41, 5.74) is 1.26. The van der Waals surface area contributed by atoms with Crippen LogP contribution in [-0.2, 0) is 22.7 Å². The number of carbonyl (C=O) groups excluding carboxylic acids is 2. The Bertz CT molecular complexity index is 1240. The first-order chi connectivity index (χ1) is 16.5. The number of rotatable bonds is 9. The van der Waals surface area contributed by atoms with E-state index in [2.05, 4.69) is 20.6 Å². The van der Waals surface area contributed by atoms with E-state index >= 15 is 0 Å². The SMILES string of the molecule is CNC(=O)C1CCC(COCc2csc3nc(C(=O)NCc4cccc(OC)c4)[nH]c(=O)c23)C1. The number of amides is 2. The zero-order valence-electron chi connectivity index (χ0n) is 19.2. The van der Waals surface area contributed by atoms with Crippen molar-refractivity contribution in [3.63, 3.8) is 0 Å². The molecule has 3 N–H and O–H groups in total. The van der Waals surface area contributed by atoms with Gasteiger partial charge in [0.15, 0.2) is 0 Å². The third-order valence-corrected chi connectivity index (χ3v) is 7.01. The molecule has 2 heterocycles. The van der Waals surface area contributed by atoms with Crippen molar-refractivity contribution in [3.05, 3.63) is 57.0 Å². The van der Waals surface area contributed by atoms with Gasteiger partial charge in [-0.2, -0.15) is 0 Å². The monoisotopic (exact) mass is 484 g/mol. The molecule has 0 aliphatic heterocycles. The molecule has 34 heavy (non-hydrogen) atoms. The number of carbonyl (C=O) groups is 2.